The van der Waals surface area contributed by atoms with Gasteiger partial charge in [-0.1, -0.05) is 30.3 Å². The van der Waals surface area contributed by atoms with E-state index in [-0.39, 0.29) is 5.75 Å². The molecule has 0 saturated heterocycles. The average molecular weight is 337 g/mol. The molecule has 0 bridgehead atoms. The first kappa shape index (κ1) is 16.8. The number of carbonyl (C=O) groups excluding carboxylic acids is 1. The molecule has 0 heterocycles. The van der Waals surface area contributed by atoms with E-state index in [0.717, 1.165) is 16.3 Å². The lowest BCUT2D eigenvalue weighted by molar-refractivity contribution is -0.142. The fraction of sp³-hybridized carbons (Fsp3) is 0.150. The van der Waals surface area contributed by atoms with Crippen molar-refractivity contribution in [2.24, 2.45) is 5.73 Å². The lowest BCUT2D eigenvalue weighted by Crippen LogP contribution is -2.33. The Morgan fingerprint density at radius 3 is 2.64 bits per heavy atom. The predicted molar refractivity (Wildman–Crippen MR) is 95.8 cm³/mol. The molecule has 0 aliphatic carbocycles. The van der Waals surface area contributed by atoms with Gasteiger partial charge < -0.3 is 20.3 Å². The van der Waals surface area contributed by atoms with Gasteiger partial charge in [0.1, 0.15) is 23.3 Å². The Hall–Kier alpha value is -3.05. The molecule has 5 nitrogen and oxygen atoms in total. The van der Waals surface area contributed by atoms with Gasteiger partial charge >= 0.3 is 5.97 Å². The zero-order chi connectivity index (χ0) is 17.8. The molecule has 0 aliphatic heterocycles. The molecule has 0 amide bonds. The highest BCUT2D eigenvalue weighted by Crippen LogP contribution is 2.33. The quantitative estimate of drug-likeness (QED) is 0.698. The van der Waals surface area contributed by atoms with Crippen LogP contribution in [0.1, 0.15) is 5.56 Å². The SMILES string of the molecule is COC(=O)[C@@H](N)Cc1ccccc1Oc1cccc2cc(O)ccc12. The summed E-state index contributed by atoms with van der Waals surface area (Å²) in [5.74, 6) is 1.03. The molecular formula is C20H19NO4. The minimum atomic E-state index is -0.751. The average Bonchev–Trinajstić information content (AvgIpc) is 2.62. The molecular weight excluding hydrogens is 318 g/mol. The maximum atomic E-state index is 11.6. The Morgan fingerprint density at radius 2 is 1.84 bits per heavy atom. The van der Waals surface area contributed by atoms with Crippen LogP contribution < -0.4 is 10.5 Å². The number of carbonyl (C=O) groups is 1. The number of methoxy groups -OCH3 is 1. The minimum absolute atomic E-state index is 0.203. The number of benzene rings is 3. The number of fused-ring (bicyclic) bond motifs is 1. The molecule has 3 rings (SSSR count). The summed E-state index contributed by atoms with van der Waals surface area (Å²) in [6.07, 6.45) is 0.314. The fourth-order valence-electron chi connectivity index (χ4n) is 2.69. The van der Waals surface area contributed by atoms with E-state index in [1.165, 1.54) is 7.11 Å². The molecule has 128 valence electrons. The van der Waals surface area contributed by atoms with Crippen LogP contribution in [0, 0.1) is 0 Å². The molecule has 0 unspecified atom stereocenters. The summed E-state index contributed by atoms with van der Waals surface area (Å²) in [6, 6.07) is 17.4. The summed E-state index contributed by atoms with van der Waals surface area (Å²) in [7, 11) is 1.32. The van der Waals surface area contributed by atoms with Gasteiger partial charge in [0.2, 0.25) is 0 Å². The molecule has 0 aliphatic rings. The van der Waals surface area contributed by atoms with Crippen LogP contribution in [-0.2, 0) is 16.0 Å². The molecule has 0 radical (unpaired) electrons. The standard InChI is InChI=1S/C20H19NO4/c1-24-20(23)17(21)12-14-5-2-3-7-18(14)25-19-8-4-6-13-11-15(22)9-10-16(13)19/h2-11,17,22H,12,21H2,1H3/t17-/m0/s1. The highest BCUT2D eigenvalue weighted by molar-refractivity contribution is 5.89. The normalized spacial score (nSPS) is 11.9. The van der Waals surface area contributed by atoms with Crippen LogP contribution in [0.4, 0.5) is 0 Å². The lowest BCUT2D eigenvalue weighted by atomic mass is 10.1. The van der Waals surface area contributed by atoms with Crippen molar-refractivity contribution in [2.45, 2.75) is 12.5 Å². The molecule has 1 atom stereocenters. The molecule has 0 fully saturated rings. The Morgan fingerprint density at radius 1 is 1.08 bits per heavy atom. The van der Waals surface area contributed by atoms with Crippen molar-refractivity contribution >= 4 is 16.7 Å². The van der Waals surface area contributed by atoms with Gasteiger partial charge in [-0.05, 0) is 41.3 Å². The summed E-state index contributed by atoms with van der Waals surface area (Å²) >= 11 is 0. The van der Waals surface area contributed by atoms with Gasteiger partial charge in [-0.3, -0.25) is 4.79 Å². The third kappa shape index (κ3) is 3.72. The van der Waals surface area contributed by atoms with E-state index in [2.05, 4.69) is 4.74 Å². The second-order valence-electron chi connectivity index (χ2n) is 5.71. The Bertz CT molecular complexity index is 907. The molecule has 3 N–H and O–H groups in total. The van der Waals surface area contributed by atoms with Crippen molar-refractivity contribution in [3.8, 4) is 17.2 Å². The topological polar surface area (TPSA) is 81.8 Å². The number of aromatic hydroxyl groups is 1. The van der Waals surface area contributed by atoms with Gasteiger partial charge in [-0.25, -0.2) is 0 Å². The zero-order valence-electron chi connectivity index (χ0n) is 13.8. The van der Waals surface area contributed by atoms with E-state index in [1.807, 2.05) is 48.5 Å². The van der Waals surface area contributed by atoms with Crippen molar-refractivity contribution in [3.05, 3.63) is 66.2 Å². The monoisotopic (exact) mass is 337 g/mol. The molecule has 3 aromatic rings. The van der Waals surface area contributed by atoms with Crippen LogP contribution in [0.5, 0.6) is 17.2 Å². The van der Waals surface area contributed by atoms with Crippen LogP contribution in [-0.4, -0.2) is 24.2 Å². The van der Waals surface area contributed by atoms with E-state index in [1.54, 1.807) is 12.1 Å². The molecule has 0 aromatic heterocycles. The van der Waals surface area contributed by atoms with E-state index < -0.39 is 12.0 Å². The number of ether oxygens (including phenoxy) is 2. The molecule has 3 aromatic carbocycles. The first-order valence-electron chi connectivity index (χ1n) is 7.89. The summed E-state index contributed by atoms with van der Waals surface area (Å²) in [5.41, 5.74) is 6.69. The van der Waals surface area contributed by atoms with E-state index in [0.29, 0.717) is 17.9 Å². The summed E-state index contributed by atoms with van der Waals surface area (Å²) in [6.45, 7) is 0. The van der Waals surface area contributed by atoms with Crippen LogP contribution in [0.3, 0.4) is 0 Å². The summed E-state index contributed by atoms with van der Waals surface area (Å²) in [5, 5.41) is 11.4. The highest BCUT2D eigenvalue weighted by Gasteiger charge is 2.17. The Balaban J connectivity index is 1.93. The number of esters is 1. The number of nitrogens with two attached hydrogens (primary N) is 1. The molecule has 0 saturated carbocycles. The first-order valence-corrected chi connectivity index (χ1v) is 7.89. The second kappa shape index (κ2) is 7.23. The van der Waals surface area contributed by atoms with Gasteiger partial charge in [0.25, 0.3) is 0 Å². The number of phenolic OH excluding ortho intramolecular Hbond substituents is 1. The number of hydrogen-bond donors (Lipinski definition) is 2. The van der Waals surface area contributed by atoms with Crippen molar-refractivity contribution in [2.75, 3.05) is 7.11 Å². The number of rotatable bonds is 5. The van der Waals surface area contributed by atoms with Crippen molar-refractivity contribution in [3.63, 3.8) is 0 Å². The molecule has 5 heteroatoms. The first-order chi connectivity index (χ1) is 12.1. The largest absolute Gasteiger partial charge is 0.508 e. The van der Waals surface area contributed by atoms with Crippen molar-refractivity contribution < 1.29 is 19.4 Å². The van der Waals surface area contributed by atoms with Gasteiger partial charge in [0, 0.05) is 11.8 Å². The van der Waals surface area contributed by atoms with Gasteiger partial charge in [-0.2, -0.15) is 0 Å². The van der Waals surface area contributed by atoms with Gasteiger partial charge in [-0.15, -0.1) is 0 Å². The Kier molecular flexibility index (Phi) is 4.86. The Labute approximate surface area is 145 Å². The number of hydrogen-bond acceptors (Lipinski definition) is 5. The van der Waals surface area contributed by atoms with Crippen LogP contribution in [0.25, 0.3) is 10.8 Å². The van der Waals surface area contributed by atoms with Crippen molar-refractivity contribution in [1.29, 1.82) is 0 Å². The highest BCUT2D eigenvalue weighted by atomic mass is 16.5. The maximum Gasteiger partial charge on any atom is 0.322 e. The summed E-state index contributed by atoms with van der Waals surface area (Å²) < 4.78 is 10.8. The number of phenols is 1. The third-order valence-electron chi connectivity index (χ3n) is 3.96. The van der Waals surface area contributed by atoms with Crippen LogP contribution in [0.2, 0.25) is 0 Å². The smallest absolute Gasteiger partial charge is 0.322 e. The lowest BCUT2D eigenvalue weighted by Gasteiger charge is -2.15. The van der Waals surface area contributed by atoms with Crippen molar-refractivity contribution in [1.82, 2.24) is 0 Å². The van der Waals surface area contributed by atoms with Gasteiger partial charge in [0.15, 0.2) is 0 Å². The van der Waals surface area contributed by atoms with E-state index in [4.69, 9.17) is 10.5 Å². The second-order valence-corrected chi connectivity index (χ2v) is 5.71. The third-order valence-corrected chi connectivity index (χ3v) is 3.96. The van der Waals surface area contributed by atoms with Crippen LogP contribution >= 0.6 is 0 Å². The van der Waals surface area contributed by atoms with E-state index >= 15 is 0 Å². The predicted octanol–water partition coefficient (Wildman–Crippen LogP) is 3.38. The maximum absolute atomic E-state index is 11.6. The van der Waals surface area contributed by atoms with E-state index in [9.17, 15) is 9.90 Å². The molecule has 25 heavy (non-hydrogen) atoms. The van der Waals surface area contributed by atoms with Crippen LogP contribution in [0.15, 0.2) is 60.7 Å². The fourth-order valence-corrected chi connectivity index (χ4v) is 2.69. The van der Waals surface area contributed by atoms with Gasteiger partial charge in [0.05, 0.1) is 7.11 Å². The molecule has 0 spiro atoms. The zero-order valence-corrected chi connectivity index (χ0v) is 13.8. The summed E-state index contributed by atoms with van der Waals surface area (Å²) in [4.78, 5) is 11.6. The minimum Gasteiger partial charge on any atom is -0.508 e. The number of para-hydroxylation sites is 1.